The van der Waals surface area contributed by atoms with Crippen LogP contribution in [0.1, 0.15) is 0 Å². The second-order valence-corrected chi connectivity index (χ2v) is 0.562. The lowest BCUT2D eigenvalue weighted by molar-refractivity contribution is 0.116. The predicted octanol–water partition coefficient (Wildman–Crippen LogP) is 0.407. The van der Waals surface area contributed by atoms with Gasteiger partial charge in [0.25, 0.3) is 0 Å². The van der Waals surface area contributed by atoms with Crippen molar-refractivity contribution in [2.45, 2.75) is 0 Å². The Balaban J connectivity index is 2.83. The Kier molecular flexibility index (Phi) is 1.80. The second kappa shape index (κ2) is 1.93. The molecule has 2 heteroatoms. The van der Waals surface area contributed by atoms with Crippen LogP contribution in [0.3, 0.4) is 0 Å². The van der Waals surface area contributed by atoms with Crippen molar-refractivity contribution < 1.29 is 10.2 Å². The fourth-order valence-electron chi connectivity index (χ4n) is 0. The van der Waals surface area contributed by atoms with Crippen molar-refractivity contribution in [3.05, 3.63) is 18.9 Å². The summed E-state index contributed by atoms with van der Waals surface area (Å²) in [7, 11) is 0. The van der Waals surface area contributed by atoms with Crippen LogP contribution in [0.5, 0.6) is 0 Å². The molecule has 2 N–H and O–H groups in total. The molecule has 0 rings (SSSR count). The molecule has 0 unspecified atom stereocenters. The van der Waals surface area contributed by atoms with Gasteiger partial charge in [0.05, 0.1) is 0 Å². The molecule has 0 spiro atoms. The zero-order valence-corrected chi connectivity index (χ0v) is 2.68. The van der Waals surface area contributed by atoms with Gasteiger partial charge in [-0.3, -0.25) is 0 Å². The average Bonchev–Trinajstić information content (AvgIpc) is 1.38. The Bertz CT molecular complexity index is 31.9. The van der Waals surface area contributed by atoms with Crippen LogP contribution >= 0.6 is 0 Å². The third-order valence-electron chi connectivity index (χ3n) is 0.183. The fourth-order valence-corrected chi connectivity index (χ4v) is 0. The van der Waals surface area contributed by atoms with E-state index >= 15 is 0 Å². The van der Waals surface area contributed by atoms with Crippen molar-refractivity contribution >= 4 is 0 Å². The highest BCUT2D eigenvalue weighted by atomic mass is 16.5. The van der Waals surface area contributed by atoms with E-state index in [9.17, 15) is 0 Å². The first kappa shape index (κ1) is 4.66. The summed E-state index contributed by atoms with van der Waals surface area (Å²) in [6.45, 7) is 3.02. The van der Waals surface area contributed by atoms with E-state index in [1.165, 1.54) is 0 Å². The Morgan fingerprint density at radius 2 is 1.80 bits per heavy atom. The highest BCUT2D eigenvalue weighted by Crippen LogP contribution is 1.79. The Hall–Kier alpha value is -0.340. The van der Waals surface area contributed by atoms with Gasteiger partial charge in [0.15, 0.2) is 0 Å². The lowest BCUT2D eigenvalue weighted by Gasteiger charge is -1.81. The molecule has 0 amide bonds. The van der Waals surface area contributed by atoms with Crippen molar-refractivity contribution in [2.24, 2.45) is 0 Å². The van der Waals surface area contributed by atoms with E-state index in [0.29, 0.717) is 0 Å². The molecule has 0 fully saturated rings. The van der Waals surface area contributed by atoms with Gasteiger partial charge in [-0.15, -0.1) is 0 Å². The first-order valence-electron chi connectivity index (χ1n) is 1.14. The maximum atomic E-state index is 7.72. The fraction of sp³-hybridized carbons (Fsp3) is 0. The summed E-state index contributed by atoms with van der Waals surface area (Å²) in [6, 6.07) is 0. The topological polar surface area (TPSA) is 40.5 Å². The lowest BCUT2D eigenvalue weighted by atomic mass is 10.6. The minimum atomic E-state index is -0.731. The number of hydrogen-bond acceptors (Lipinski definition) is 2. The molecule has 0 aliphatic rings. The van der Waals surface area contributed by atoms with Gasteiger partial charge in [-0.05, 0) is 6.08 Å². The maximum absolute atomic E-state index is 7.72. The van der Waals surface area contributed by atoms with Crippen LogP contribution < -0.4 is 0 Å². The Labute approximate surface area is 30.4 Å². The highest BCUT2D eigenvalue weighted by Gasteiger charge is 1.81. The maximum Gasteiger partial charge on any atom is 0.242 e. The van der Waals surface area contributed by atoms with Crippen molar-refractivity contribution in [3.8, 4) is 0 Å². The molecule has 0 heterocycles. The van der Waals surface area contributed by atoms with Crippen LogP contribution in [0.25, 0.3) is 0 Å². The summed E-state index contributed by atoms with van der Waals surface area (Å²) in [4.78, 5) is 0. The van der Waals surface area contributed by atoms with Gasteiger partial charge in [-0.1, -0.05) is 6.58 Å². The molecule has 0 aromatic heterocycles. The smallest absolute Gasteiger partial charge is 0.242 e. The summed E-state index contributed by atoms with van der Waals surface area (Å²) in [6.07, 6.45) is 0.213. The standard InChI is InChI=1S/C3H5O2/c1-2-3(4)5/h2,4-5H,1H2. The van der Waals surface area contributed by atoms with Crippen LogP contribution in [-0.2, 0) is 0 Å². The molecule has 29 valence electrons. The van der Waals surface area contributed by atoms with Gasteiger partial charge in [0.2, 0.25) is 6.29 Å². The molecule has 0 saturated carbocycles. The van der Waals surface area contributed by atoms with Crippen molar-refractivity contribution in [2.75, 3.05) is 0 Å². The molecule has 0 atom stereocenters. The number of aliphatic hydroxyl groups excluding tert-OH is 1. The van der Waals surface area contributed by atoms with E-state index < -0.39 is 6.29 Å². The van der Waals surface area contributed by atoms with Crippen LogP contribution in [0, 0.1) is 6.29 Å². The molecular formula is C3H5O2. The van der Waals surface area contributed by atoms with Crippen LogP contribution in [0.15, 0.2) is 12.7 Å². The van der Waals surface area contributed by atoms with Crippen LogP contribution in [0.2, 0.25) is 0 Å². The summed E-state index contributed by atoms with van der Waals surface area (Å²) >= 11 is 0. The number of rotatable bonds is 1. The minimum absolute atomic E-state index is 0.731. The summed E-state index contributed by atoms with van der Waals surface area (Å²) in [5, 5.41) is 15.4. The number of aliphatic hydroxyl groups is 2. The first-order valence-corrected chi connectivity index (χ1v) is 1.14. The van der Waals surface area contributed by atoms with Gasteiger partial charge in [-0.25, -0.2) is 0 Å². The molecule has 0 aromatic carbocycles. The van der Waals surface area contributed by atoms with E-state index in [-0.39, 0.29) is 0 Å². The van der Waals surface area contributed by atoms with E-state index in [1.54, 1.807) is 0 Å². The third kappa shape index (κ3) is 3.66. The van der Waals surface area contributed by atoms with E-state index in [4.69, 9.17) is 10.2 Å². The highest BCUT2D eigenvalue weighted by molar-refractivity contribution is 4.82. The monoisotopic (exact) mass is 73.0 g/mol. The van der Waals surface area contributed by atoms with Crippen molar-refractivity contribution in [1.29, 1.82) is 0 Å². The lowest BCUT2D eigenvalue weighted by Crippen LogP contribution is -1.81. The van der Waals surface area contributed by atoms with E-state index in [0.717, 1.165) is 6.08 Å². The largest absolute Gasteiger partial charge is 0.358 e. The van der Waals surface area contributed by atoms with Crippen LogP contribution in [0.4, 0.5) is 0 Å². The molecule has 0 saturated heterocycles. The summed E-state index contributed by atoms with van der Waals surface area (Å²) < 4.78 is 0. The Morgan fingerprint density at radius 1 is 1.60 bits per heavy atom. The van der Waals surface area contributed by atoms with Crippen LogP contribution in [-0.4, -0.2) is 10.2 Å². The summed E-state index contributed by atoms with van der Waals surface area (Å²) in [5.74, 6) is 0. The second-order valence-electron chi connectivity index (χ2n) is 0.562. The van der Waals surface area contributed by atoms with Gasteiger partial charge in [0, 0.05) is 0 Å². The average molecular weight is 73.1 g/mol. The predicted molar refractivity (Wildman–Crippen MR) is 17.3 cm³/mol. The zero-order valence-electron chi connectivity index (χ0n) is 2.68. The van der Waals surface area contributed by atoms with Crippen molar-refractivity contribution in [1.82, 2.24) is 0 Å². The molecule has 0 bridgehead atoms. The molecule has 2 nitrogen and oxygen atoms in total. The quantitative estimate of drug-likeness (QED) is 0.472. The van der Waals surface area contributed by atoms with Gasteiger partial charge >= 0.3 is 0 Å². The molecule has 1 radical (unpaired) electrons. The summed E-state index contributed by atoms with van der Waals surface area (Å²) in [5.41, 5.74) is 0. The van der Waals surface area contributed by atoms with Gasteiger partial charge in [0.1, 0.15) is 0 Å². The molecule has 0 aromatic rings. The minimum Gasteiger partial charge on any atom is -0.358 e. The third-order valence-corrected chi connectivity index (χ3v) is 0.183. The zero-order chi connectivity index (χ0) is 4.28. The van der Waals surface area contributed by atoms with E-state index in [1.807, 2.05) is 0 Å². The van der Waals surface area contributed by atoms with E-state index in [2.05, 4.69) is 6.58 Å². The molecular weight excluding hydrogens is 68.0 g/mol. The number of hydrogen-bond donors (Lipinski definition) is 2. The van der Waals surface area contributed by atoms with Gasteiger partial charge < -0.3 is 10.2 Å². The Morgan fingerprint density at radius 3 is 1.80 bits per heavy atom. The normalized spacial score (nSPS) is 8.60. The SMILES string of the molecule is C=C[C](O)O. The molecule has 0 aliphatic heterocycles. The molecule has 0 aliphatic carbocycles. The van der Waals surface area contributed by atoms with Gasteiger partial charge in [-0.2, -0.15) is 0 Å². The molecule has 5 heavy (non-hydrogen) atoms. The first-order chi connectivity index (χ1) is 2.27. The van der Waals surface area contributed by atoms with Crippen molar-refractivity contribution in [3.63, 3.8) is 0 Å².